The van der Waals surface area contributed by atoms with Gasteiger partial charge >= 0.3 is 11.9 Å². The third kappa shape index (κ3) is 47.0. The topological polar surface area (TPSA) is 52.6 Å². The van der Waals surface area contributed by atoms with Gasteiger partial charge in [-0.15, -0.1) is 0 Å². The van der Waals surface area contributed by atoms with Crippen molar-refractivity contribution in [3.63, 3.8) is 0 Å². The zero-order valence-electron chi connectivity index (χ0n) is 37.5. The predicted molar refractivity (Wildman–Crippen MR) is 251 cm³/mol. The predicted octanol–water partition coefficient (Wildman–Crippen LogP) is 15.9. The molecular formula is C48H96O4S2Sn. The van der Waals surface area contributed by atoms with Gasteiger partial charge in [0.2, 0.25) is 0 Å². The molecule has 0 aliphatic heterocycles. The van der Waals surface area contributed by atoms with Gasteiger partial charge in [-0.2, -0.15) is 25.3 Å². The van der Waals surface area contributed by atoms with Crippen LogP contribution in [-0.2, 0) is 19.1 Å². The van der Waals surface area contributed by atoms with Crippen molar-refractivity contribution in [1.29, 1.82) is 0 Å². The van der Waals surface area contributed by atoms with Crippen LogP contribution >= 0.6 is 25.3 Å². The van der Waals surface area contributed by atoms with E-state index < -0.39 is 0 Å². The van der Waals surface area contributed by atoms with Gasteiger partial charge in [-0.25, -0.2) is 0 Å². The van der Waals surface area contributed by atoms with Crippen molar-refractivity contribution in [3.8, 4) is 0 Å². The number of carbonyl (C=O) groups excluding carboxylic acids is 2. The van der Waals surface area contributed by atoms with Crippen LogP contribution in [0.1, 0.15) is 259 Å². The van der Waals surface area contributed by atoms with Gasteiger partial charge in [0.05, 0.1) is 25.0 Å². The number of ether oxygens (including phenoxy) is 2. The van der Waals surface area contributed by atoms with Crippen molar-refractivity contribution < 1.29 is 19.1 Å². The Balaban J connectivity index is -0.000000966. The van der Waals surface area contributed by atoms with Crippen molar-refractivity contribution in [2.24, 2.45) is 11.8 Å². The molecule has 0 heterocycles. The number of thiol groups is 2. The Kier molecular flexibility index (Phi) is 57.0. The molecule has 328 valence electrons. The maximum atomic E-state index is 12.1. The third-order valence-electron chi connectivity index (χ3n) is 10.9. The molecule has 4 nitrogen and oxygen atoms in total. The minimum atomic E-state index is 0. The van der Waals surface area contributed by atoms with Gasteiger partial charge in [-0.3, -0.25) is 9.59 Å². The molecule has 0 bridgehead atoms. The minimum absolute atomic E-state index is 0. The van der Waals surface area contributed by atoms with E-state index >= 15 is 0 Å². The first-order valence-corrected chi connectivity index (χ1v) is 25.3. The van der Waals surface area contributed by atoms with E-state index in [9.17, 15) is 9.59 Å². The Morgan fingerprint density at radius 1 is 0.345 bits per heavy atom. The molecule has 0 aromatic carbocycles. The first kappa shape index (κ1) is 59.7. The van der Waals surface area contributed by atoms with Gasteiger partial charge in [-0.05, 0) is 50.0 Å². The van der Waals surface area contributed by atoms with E-state index in [1.807, 2.05) is 0 Å². The summed E-state index contributed by atoms with van der Waals surface area (Å²) in [5.41, 5.74) is 0. The fraction of sp³-hybridized carbons (Fsp3) is 0.958. The van der Waals surface area contributed by atoms with Crippen molar-refractivity contribution in [1.82, 2.24) is 0 Å². The normalized spacial score (nSPS) is 12.0. The van der Waals surface area contributed by atoms with Crippen molar-refractivity contribution >= 4 is 61.1 Å². The number of carbonyl (C=O) groups is 2. The van der Waals surface area contributed by atoms with Crippen LogP contribution < -0.4 is 0 Å². The third-order valence-corrected chi connectivity index (χ3v) is 11.4. The molecule has 7 heteroatoms. The zero-order valence-corrected chi connectivity index (χ0v) is 42.1. The smallest absolute Gasteiger partial charge is 0.308 e. The summed E-state index contributed by atoms with van der Waals surface area (Å²) in [6.07, 6.45) is 46.2. The molecule has 2 atom stereocenters. The summed E-state index contributed by atoms with van der Waals surface area (Å²) >= 11 is 8.61. The summed E-state index contributed by atoms with van der Waals surface area (Å²) < 4.78 is 10.8. The van der Waals surface area contributed by atoms with Gasteiger partial charge in [0.1, 0.15) is 0 Å². The van der Waals surface area contributed by atoms with Crippen LogP contribution in [0.25, 0.3) is 0 Å². The zero-order chi connectivity index (χ0) is 40.0. The van der Waals surface area contributed by atoms with E-state index in [-0.39, 0.29) is 47.7 Å². The average molecular weight is 920 g/mol. The van der Waals surface area contributed by atoms with Crippen LogP contribution in [0, 0.1) is 11.8 Å². The van der Waals surface area contributed by atoms with Crippen LogP contribution in [0.4, 0.5) is 0 Å². The molecular weight excluding hydrogens is 823 g/mol. The first-order valence-electron chi connectivity index (χ1n) is 24.1. The minimum Gasteiger partial charge on any atom is -0.465 e. The molecule has 4 radical (unpaired) electrons. The van der Waals surface area contributed by atoms with Crippen LogP contribution in [-0.4, -0.2) is 60.6 Å². The Hall–Kier alpha value is 0.439. The number of rotatable bonds is 42. The molecule has 0 rings (SSSR count). The van der Waals surface area contributed by atoms with Crippen molar-refractivity contribution in [2.75, 3.05) is 24.7 Å². The molecule has 0 saturated heterocycles. The molecule has 55 heavy (non-hydrogen) atoms. The monoisotopic (exact) mass is 921 g/mol. The van der Waals surface area contributed by atoms with E-state index in [2.05, 4.69) is 53.0 Å². The molecule has 0 aromatic rings. The van der Waals surface area contributed by atoms with Gasteiger partial charge in [0.15, 0.2) is 0 Å². The van der Waals surface area contributed by atoms with Gasteiger partial charge in [0, 0.05) is 23.9 Å². The summed E-state index contributed by atoms with van der Waals surface area (Å²) in [7, 11) is 0. The van der Waals surface area contributed by atoms with Gasteiger partial charge in [0.25, 0.3) is 0 Å². The quantitative estimate of drug-likeness (QED) is 0.0277. The maximum Gasteiger partial charge on any atom is 0.308 e. The van der Waals surface area contributed by atoms with Crippen molar-refractivity contribution in [3.05, 3.63) is 0 Å². The van der Waals surface area contributed by atoms with Crippen LogP contribution in [0.15, 0.2) is 0 Å². The summed E-state index contributed by atoms with van der Waals surface area (Å²) in [6, 6.07) is 0. The summed E-state index contributed by atoms with van der Waals surface area (Å²) in [4.78, 5) is 24.2. The second-order valence-electron chi connectivity index (χ2n) is 16.2. The fourth-order valence-corrected chi connectivity index (χ4v) is 7.74. The second kappa shape index (κ2) is 52.5. The van der Waals surface area contributed by atoms with E-state index in [1.165, 1.54) is 167 Å². The molecule has 0 saturated carbocycles. The van der Waals surface area contributed by atoms with E-state index in [0.29, 0.717) is 13.2 Å². The molecule has 0 aromatic heterocycles. The van der Waals surface area contributed by atoms with E-state index in [1.54, 1.807) is 0 Å². The Morgan fingerprint density at radius 3 is 0.782 bits per heavy atom. The van der Waals surface area contributed by atoms with Gasteiger partial charge in [-0.1, -0.05) is 220 Å². The Labute approximate surface area is 373 Å². The standard InChI is InChI=1S/2C24H48O2S.Sn/c2*1-3-5-7-8-9-10-11-12-13-14-15-16-17-18-19-23(20-22-27)24(25)26-21-6-4-2;/h2*23,27H,3-22H2,1-2H3;. The molecule has 0 aliphatic rings. The van der Waals surface area contributed by atoms with Crippen LogP contribution in [0.2, 0.25) is 0 Å². The largest absolute Gasteiger partial charge is 0.465 e. The second-order valence-corrected chi connectivity index (χ2v) is 17.1. The molecule has 0 spiro atoms. The molecule has 0 aliphatic carbocycles. The van der Waals surface area contributed by atoms with Gasteiger partial charge < -0.3 is 9.47 Å². The molecule has 2 unspecified atom stereocenters. The van der Waals surface area contributed by atoms with Crippen LogP contribution in [0.5, 0.6) is 0 Å². The molecule has 0 N–H and O–H groups in total. The molecule has 0 amide bonds. The van der Waals surface area contributed by atoms with Crippen molar-refractivity contribution in [2.45, 2.75) is 259 Å². The Morgan fingerprint density at radius 2 is 0.564 bits per heavy atom. The SMILES string of the molecule is CCCCCCCCCCCCCCCCC(CCS)C(=O)OCCCC.CCCCCCCCCCCCCCCCC(CCS)C(=O)OCCCC.[Sn]. The number of esters is 2. The fourth-order valence-electron chi connectivity index (χ4n) is 7.11. The average Bonchev–Trinajstić information content (AvgIpc) is 3.17. The Bertz CT molecular complexity index is 681. The summed E-state index contributed by atoms with van der Waals surface area (Å²) in [5.74, 6) is 1.69. The molecule has 0 fully saturated rings. The number of unbranched alkanes of at least 4 members (excludes halogenated alkanes) is 28. The number of hydrogen-bond acceptors (Lipinski definition) is 6. The first-order chi connectivity index (χ1) is 26.5. The summed E-state index contributed by atoms with van der Waals surface area (Å²) in [6.45, 7) is 9.96. The summed E-state index contributed by atoms with van der Waals surface area (Å²) in [5, 5.41) is 0. The van der Waals surface area contributed by atoms with E-state index in [4.69, 9.17) is 9.47 Å². The number of hydrogen-bond donors (Lipinski definition) is 2. The maximum absolute atomic E-state index is 12.1. The van der Waals surface area contributed by atoms with Crippen LogP contribution in [0.3, 0.4) is 0 Å². The van der Waals surface area contributed by atoms with E-state index in [0.717, 1.165) is 75.7 Å².